The molecule has 1 heterocycles. The van der Waals surface area contributed by atoms with Crippen LogP contribution in [0.25, 0.3) is 0 Å². The Bertz CT molecular complexity index is 193. The van der Waals surface area contributed by atoms with E-state index in [1.54, 1.807) is 0 Å². The van der Waals surface area contributed by atoms with E-state index in [0.717, 1.165) is 25.7 Å². The summed E-state index contributed by atoms with van der Waals surface area (Å²) in [6.45, 7) is 11.1. The Balaban J connectivity index is 2.35. The number of likely N-dealkylation sites (tertiary alicyclic amines) is 1. The number of hydrogen-bond acceptors (Lipinski definition) is 2. The van der Waals surface area contributed by atoms with Gasteiger partial charge in [0.15, 0.2) is 0 Å². The van der Waals surface area contributed by atoms with E-state index < -0.39 is 0 Å². The van der Waals surface area contributed by atoms with Crippen molar-refractivity contribution in [2.45, 2.75) is 58.1 Å². The van der Waals surface area contributed by atoms with Crippen LogP contribution in [0.15, 0.2) is 12.7 Å². The first-order valence-corrected chi connectivity index (χ1v) is 6.78. The van der Waals surface area contributed by atoms with Gasteiger partial charge >= 0.3 is 0 Å². The Hall–Kier alpha value is -0.340. The highest BCUT2D eigenvalue weighted by Crippen LogP contribution is 2.24. The highest BCUT2D eigenvalue weighted by atomic mass is 16.5. The van der Waals surface area contributed by atoms with Crippen molar-refractivity contribution in [1.82, 2.24) is 4.90 Å². The van der Waals surface area contributed by atoms with Gasteiger partial charge in [0.05, 0.1) is 6.10 Å². The van der Waals surface area contributed by atoms with Crippen molar-refractivity contribution in [1.29, 1.82) is 0 Å². The third-order valence-electron chi connectivity index (χ3n) is 3.40. The molecule has 0 aliphatic carbocycles. The normalized spacial score (nSPS) is 26.1. The highest BCUT2D eigenvalue weighted by Gasteiger charge is 2.30. The fourth-order valence-corrected chi connectivity index (χ4v) is 2.61. The first kappa shape index (κ1) is 13.7. The quantitative estimate of drug-likeness (QED) is 0.464. The molecule has 0 saturated carbocycles. The summed E-state index contributed by atoms with van der Waals surface area (Å²) in [6, 6.07) is 0.723. The van der Waals surface area contributed by atoms with Crippen LogP contribution < -0.4 is 0 Å². The molecule has 2 heteroatoms. The molecular weight excluding hydrogens is 198 g/mol. The standard InChI is InChI=1S/C14H27NO/c1-4-7-8-9-13-11-14(16-6-3)12-15(13)10-5-2/h5,13-14H,2,4,6-12H2,1,3H3/t13-,14+/m0/s1. The summed E-state index contributed by atoms with van der Waals surface area (Å²) in [5.74, 6) is 0. The molecule has 1 aliphatic heterocycles. The van der Waals surface area contributed by atoms with Crippen molar-refractivity contribution >= 4 is 0 Å². The molecule has 0 radical (unpaired) electrons. The predicted octanol–water partition coefficient (Wildman–Crippen LogP) is 3.23. The smallest absolute Gasteiger partial charge is 0.0716 e. The molecule has 1 fully saturated rings. The van der Waals surface area contributed by atoms with Crippen LogP contribution in [-0.2, 0) is 4.74 Å². The zero-order valence-electron chi connectivity index (χ0n) is 11.0. The SMILES string of the molecule is C=CCN1C[C@H](OCC)C[C@@H]1CCCCC. The summed E-state index contributed by atoms with van der Waals surface area (Å²) in [5, 5.41) is 0. The summed E-state index contributed by atoms with van der Waals surface area (Å²) < 4.78 is 5.74. The van der Waals surface area contributed by atoms with Crippen LogP contribution in [0, 0.1) is 0 Å². The van der Waals surface area contributed by atoms with E-state index >= 15 is 0 Å². The van der Waals surface area contributed by atoms with Gasteiger partial charge in [-0.15, -0.1) is 6.58 Å². The zero-order chi connectivity index (χ0) is 11.8. The van der Waals surface area contributed by atoms with Gasteiger partial charge in [0.25, 0.3) is 0 Å². The third-order valence-corrected chi connectivity index (χ3v) is 3.40. The zero-order valence-corrected chi connectivity index (χ0v) is 11.0. The Morgan fingerprint density at radius 1 is 1.38 bits per heavy atom. The molecule has 0 unspecified atom stereocenters. The Morgan fingerprint density at radius 2 is 2.19 bits per heavy atom. The van der Waals surface area contributed by atoms with E-state index in [1.165, 1.54) is 32.1 Å². The molecule has 1 aliphatic rings. The molecule has 0 bridgehead atoms. The highest BCUT2D eigenvalue weighted by molar-refractivity contribution is 4.89. The van der Waals surface area contributed by atoms with Gasteiger partial charge in [-0.1, -0.05) is 32.3 Å². The average molecular weight is 225 g/mol. The van der Waals surface area contributed by atoms with E-state index in [2.05, 4.69) is 25.3 Å². The van der Waals surface area contributed by atoms with Crippen molar-refractivity contribution in [3.63, 3.8) is 0 Å². The van der Waals surface area contributed by atoms with Crippen LogP contribution in [0.4, 0.5) is 0 Å². The molecule has 0 aromatic carbocycles. The van der Waals surface area contributed by atoms with E-state index in [1.807, 2.05) is 6.08 Å². The minimum absolute atomic E-state index is 0.455. The molecule has 2 nitrogen and oxygen atoms in total. The van der Waals surface area contributed by atoms with Crippen molar-refractivity contribution < 1.29 is 4.74 Å². The maximum atomic E-state index is 5.74. The number of rotatable bonds is 8. The van der Waals surface area contributed by atoms with Gasteiger partial charge in [0.2, 0.25) is 0 Å². The molecule has 0 aromatic rings. The first-order valence-electron chi connectivity index (χ1n) is 6.78. The second-order valence-electron chi connectivity index (χ2n) is 4.71. The lowest BCUT2D eigenvalue weighted by Gasteiger charge is -2.22. The van der Waals surface area contributed by atoms with E-state index in [-0.39, 0.29) is 0 Å². The van der Waals surface area contributed by atoms with Crippen LogP contribution >= 0.6 is 0 Å². The summed E-state index contributed by atoms with van der Waals surface area (Å²) in [5.41, 5.74) is 0. The molecule has 94 valence electrons. The second-order valence-corrected chi connectivity index (χ2v) is 4.71. The molecule has 1 rings (SSSR count). The maximum absolute atomic E-state index is 5.74. The molecule has 0 amide bonds. The Morgan fingerprint density at radius 3 is 2.81 bits per heavy atom. The molecule has 1 saturated heterocycles. The summed E-state index contributed by atoms with van der Waals surface area (Å²) >= 11 is 0. The maximum Gasteiger partial charge on any atom is 0.0716 e. The van der Waals surface area contributed by atoms with Gasteiger partial charge in [-0.2, -0.15) is 0 Å². The van der Waals surface area contributed by atoms with Crippen LogP contribution in [0.3, 0.4) is 0 Å². The van der Waals surface area contributed by atoms with Crippen LogP contribution in [0.2, 0.25) is 0 Å². The van der Waals surface area contributed by atoms with Gasteiger partial charge in [-0.25, -0.2) is 0 Å². The van der Waals surface area contributed by atoms with Gasteiger partial charge in [0, 0.05) is 25.7 Å². The minimum Gasteiger partial charge on any atom is -0.377 e. The number of ether oxygens (including phenoxy) is 1. The monoisotopic (exact) mass is 225 g/mol. The Kier molecular flexibility index (Phi) is 6.74. The Labute approximate surface area is 101 Å². The molecule has 2 atom stereocenters. The lowest BCUT2D eigenvalue weighted by molar-refractivity contribution is 0.0698. The topological polar surface area (TPSA) is 12.5 Å². The summed E-state index contributed by atoms with van der Waals surface area (Å²) in [7, 11) is 0. The van der Waals surface area contributed by atoms with E-state index in [4.69, 9.17) is 4.74 Å². The van der Waals surface area contributed by atoms with Crippen LogP contribution in [-0.4, -0.2) is 36.7 Å². The number of hydrogen-bond donors (Lipinski definition) is 0. The lowest BCUT2D eigenvalue weighted by Crippen LogP contribution is -2.30. The van der Waals surface area contributed by atoms with Gasteiger partial charge < -0.3 is 4.74 Å². The molecule has 0 aromatic heterocycles. The third kappa shape index (κ3) is 4.26. The first-order chi connectivity index (χ1) is 7.81. The average Bonchev–Trinajstić information content (AvgIpc) is 2.63. The van der Waals surface area contributed by atoms with Gasteiger partial charge in [0.1, 0.15) is 0 Å². The second kappa shape index (κ2) is 7.86. The summed E-state index contributed by atoms with van der Waals surface area (Å²) in [4.78, 5) is 2.53. The minimum atomic E-state index is 0.455. The number of nitrogens with zero attached hydrogens (tertiary/aromatic N) is 1. The van der Waals surface area contributed by atoms with Gasteiger partial charge in [-0.3, -0.25) is 4.90 Å². The van der Waals surface area contributed by atoms with Crippen molar-refractivity contribution in [2.75, 3.05) is 19.7 Å². The van der Waals surface area contributed by atoms with E-state index in [0.29, 0.717) is 6.10 Å². The molecule has 16 heavy (non-hydrogen) atoms. The van der Waals surface area contributed by atoms with Crippen LogP contribution in [0.5, 0.6) is 0 Å². The largest absolute Gasteiger partial charge is 0.377 e. The number of unbranched alkanes of at least 4 members (excludes halogenated alkanes) is 2. The summed E-state index contributed by atoms with van der Waals surface area (Å²) in [6.07, 6.45) is 9.03. The molecular formula is C14H27NO. The van der Waals surface area contributed by atoms with Crippen LogP contribution in [0.1, 0.15) is 46.0 Å². The van der Waals surface area contributed by atoms with Crippen molar-refractivity contribution in [3.8, 4) is 0 Å². The fraction of sp³-hybridized carbons (Fsp3) is 0.857. The van der Waals surface area contributed by atoms with E-state index in [9.17, 15) is 0 Å². The molecule has 0 N–H and O–H groups in total. The van der Waals surface area contributed by atoms with Gasteiger partial charge in [-0.05, 0) is 19.8 Å². The lowest BCUT2D eigenvalue weighted by atomic mass is 10.1. The predicted molar refractivity (Wildman–Crippen MR) is 69.7 cm³/mol. The van der Waals surface area contributed by atoms with Crippen molar-refractivity contribution in [3.05, 3.63) is 12.7 Å². The fourth-order valence-electron chi connectivity index (χ4n) is 2.61. The van der Waals surface area contributed by atoms with Crippen molar-refractivity contribution in [2.24, 2.45) is 0 Å². The molecule has 0 spiro atoms.